The molecule has 1 heterocycles. The van der Waals surface area contributed by atoms with Crippen LogP contribution in [0.25, 0.3) is 0 Å². The number of carboxylic acids is 1. The fourth-order valence-corrected chi connectivity index (χ4v) is 2.86. The molecule has 0 aromatic carbocycles. The summed E-state index contributed by atoms with van der Waals surface area (Å²) in [5.41, 5.74) is 16.7. The van der Waals surface area contributed by atoms with E-state index in [1.165, 1.54) is 12.5 Å². The zero-order valence-electron chi connectivity index (χ0n) is 18.3. The van der Waals surface area contributed by atoms with Gasteiger partial charge in [-0.25, -0.2) is 9.78 Å². The predicted molar refractivity (Wildman–Crippen MR) is 125 cm³/mol. The van der Waals surface area contributed by atoms with E-state index in [2.05, 4.69) is 43.5 Å². The van der Waals surface area contributed by atoms with Gasteiger partial charge in [0.2, 0.25) is 17.7 Å². The quantitative estimate of drug-likeness (QED) is 0.0479. The Bertz CT molecular complexity index is 847. The molecule has 4 atom stereocenters. The van der Waals surface area contributed by atoms with E-state index in [4.69, 9.17) is 22.3 Å². The molecule has 0 radical (unpaired) electrons. The first kappa shape index (κ1) is 28.7. The van der Waals surface area contributed by atoms with Crippen molar-refractivity contribution in [2.24, 2.45) is 22.2 Å². The highest BCUT2D eigenvalue weighted by atomic mass is 32.1. The van der Waals surface area contributed by atoms with Crippen LogP contribution in [0.2, 0.25) is 0 Å². The normalized spacial score (nSPS) is 14.2. The predicted octanol–water partition coefficient (Wildman–Crippen LogP) is -4.21. The molecule has 1 aromatic heterocycles. The zero-order valence-corrected chi connectivity index (χ0v) is 19.2. The second-order valence-corrected chi connectivity index (χ2v) is 7.59. The van der Waals surface area contributed by atoms with E-state index in [9.17, 15) is 24.3 Å². The molecule has 3 amide bonds. The fraction of sp³-hybridized carbons (Fsp3) is 0.556. The standard InChI is InChI=1S/C18H31N9O6S/c19-10(7-34)14(29)25-11(2-1-3-23-18(20)21)15(30)26-12(4-9-5-22-8-24-9)16(31)27-13(6-28)17(32)33/h5,8,10-13,28,34H,1-4,6-7,19H2,(H,22,24)(H,25,29)(H,26,30)(H,27,31)(H,32,33)(H4,20,21,23). The summed E-state index contributed by atoms with van der Waals surface area (Å²) in [6, 6.07) is -4.90. The highest BCUT2D eigenvalue weighted by Crippen LogP contribution is 2.04. The summed E-state index contributed by atoms with van der Waals surface area (Å²) >= 11 is 3.96. The van der Waals surface area contributed by atoms with Gasteiger partial charge in [0.05, 0.1) is 19.0 Å². The number of aliphatic carboxylic acids is 1. The van der Waals surface area contributed by atoms with Gasteiger partial charge >= 0.3 is 5.97 Å². The molecule has 190 valence electrons. The molecule has 0 saturated carbocycles. The zero-order chi connectivity index (χ0) is 25.7. The van der Waals surface area contributed by atoms with E-state index in [-0.39, 0.29) is 31.1 Å². The average molecular weight is 502 g/mol. The number of nitrogens with zero attached hydrogens (tertiary/aromatic N) is 2. The molecule has 0 bridgehead atoms. The summed E-state index contributed by atoms with van der Waals surface area (Å²) in [6.45, 7) is -0.660. The first-order valence-electron chi connectivity index (χ1n) is 10.2. The van der Waals surface area contributed by atoms with E-state index in [1.807, 2.05) is 0 Å². The summed E-state index contributed by atoms with van der Waals surface area (Å²) < 4.78 is 0. The number of aliphatic hydroxyl groups excluding tert-OH is 1. The van der Waals surface area contributed by atoms with Gasteiger partial charge in [-0.2, -0.15) is 12.6 Å². The van der Waals surface area contributed by atoms with Crippen LogP contribution in [0, 0.1) is 0 Å². The van der Waals surface area contributed by atoms with Crippen molar-refractivity contribution in [3.05, 3.63) is 18.2 Å². The topological polar surface area (TPSA) is 264 Å². The summed E-state index contributed by atoms with van der Waals surface area (Å²) in [4.78, 5) is 59.6. The van der Waals surface area contributed by atoms with Crippen molar-refractivity contribution in [1.82, 2.24) is 25.9 Å². The highest BCUT2D eigenvalue weighted by molar-refractivity contribution is 7.80. The summed E-state index contributed by atoms with van der Waals surface area (Å²) in [5.74, 6) is -3.75. The lowest BCUT2D eigenvalue weighted by Gasteiger charge is -2.24. The van der Waals surface area contributed by atoms with Crippen LogP contribution in [0.3, 0.4) is 0 Å². The monoisotopic (exact) mass is 501 g/mol. The van der Waals surface area contributed by atoms with Gasteiger partial charge in [0.15, 0.2) is 5.96 Å². The van der Waals surface area contributed by atoms with E-state index in [0.717, 1.165) is 0 Å². The van der Waals surface area contributed by atoms with Crippen molar-refractivity contribution in [3.63, 3.8) is 0 Å². The number of aliphatic imine (C=N–C) groups is 1. The molecule has 1 rings (SSSR count). The molecule has 12 N–H and O–H groups in total. The number of hydrogen-bond acceptors (Lipinski definition) is 9. The number of carboxylic acid groups (broad SMARTS) is 1. The fourth-order valence-electron chi connectivity index (χ4n) is 2.69. The molecule has 15 nitrogen and oxygen atoms in total. The Kier molecular flexibility index (Phi) is 12.4. The summed E-state index contributed by atoms with van der Waals surface area (Å²) in [7, 11) is 0. The van der Waals surface area contributed by atoms with Gasteiger partial charge in [0.25, 0.3) is 0 Å². The van der Waals surface area contributed by atoms with Crippen LogP contribution in [0.1, 0.15) is 18.5 Å². The van der Waals surface area contributed by atoms with E-state index < -0.39 is 54.5 Å². The van der Waals surface area contributed by atoms with Crippen molar-refractivity contribution >= 4 is 42.3 Å². The lowest BCUT2D eigenvalue weighted by Crippen LogP contribution is -2.58. The molecule has 34 heavy (non-hydrogen) atoms. The Morgan fingerprint density at radius 1 is 1.09 bits per heavy atom. The van der Waals surface area contributed by atoms with E-state index in [0.29, 0.717) is 12.1 Å². The number of nitrogens with one attached hydrogen (secondary N) is 4. The first-order valence-corrected chi connectivity index (χ1v) is 10.9. The van der Waals surface area contributed by atoms with Crippen LogP contribution in [-0.2, 0) is 25.6 Å². The minimum atomic E-state index is -1.57. The van der Waals surface area contributed by atoms with Gasteiger partial charge in [0.1, 0.15) is 18.1 Å². The number of H-pyrrole nitrogens is 1. The minimum Gasteiger partial charge on any atom is -0.480 e. The van der Waals surface area contributed by atoms with Crippen LogP contribution in [0.5, 0.6) is 0 Å². The largest absolute Gasteiger partial charge is 0.480 e. The molecule has 4 unspecified atom stereocenters. The molecular formula is C18H31N9O6S. The van der Waals surface area contributed by atoms with Crippen LogP contribution in [0.15, 0.2) is 17.5 Å². The third-order valence-electron chi connectivity index (χ3n) is 4.52. The number of amides is 3. The average Bonchev–Trinajstić information content (AvgIpc) is 3.30. The number of nitrogens with two attached hydrogens (primary N) is 3. The van der Waals surface area contributed by atoms with Crippen molar-refractivity contribution in [2.75, 3.05) is 18.9 Å². The number of hydrogen-bond donors (Lipinski definition) is 10. The Hall–Kier alpha value is -3.37. The van der Waals surface area contributed by atoms with Gasteiger partial charge in [-0.05, 0) is 12.8 Å². The Labute approximate surface area is 200 Å². The Morgan fingerprint density at radius 3 is 2.24 bits per heavy atom. The number of guanidine groups is 1. The second kappa shape index (κ2) is 14.7. The van der Waals surface area contributed by atoms with Crippen molar-refractivity contribution in [1.29, 1.82) is 0 Å². The molecular weight excluding hydrogens is 470 g/mol. The van der Waals surface area contributed by atoms with Gasteiger partial charge in [-0.3, -0.25) is 19.4 Å². The van der Waals surface area contributed by atoms with Gasteiger partial charge in [0, 0.05) is 30.6 Å². The number of aromatic nitrogens is 2. The molecule has 0 aliphatic carbocycles. The molecule has 0 aliphatic heterocycles. The minimum absolute atomic E-state index is 0.0385. The molecule has 0 spiro atoms. The van der Waals surface area contributed by atoms with Crippen LogP contribution in [-0.4, -0.2) is 92.9 Å². The maximum absolute atomic E-state index is 13.0. The molecule has 0 fully saturated rings. The van der Waals surface area contributed by atoms with Crippen molar-refractivity contribution in [2.45, 2.75) is 43.4 Å². The number of imidazole rings is 1. The van der Waals surface area contributed by atoms with Crippen molar-refractivity contribution < 1.29 is 29.4 Å². The lowest BCUT2D eigenvalue weighted by atomic mass is 10.1. The molecule has 1 aromatic rings. The van der Waals surface area contributed by atoms with Gasteiger partial charge in [-0.15, -0.1) is 0 Å². The van der Waals surface area contributed by atoms with Crippen LogP contribution >= 0.6 is 12.6 Å². The maximum atomic E-state index is 13.0. The highest BCUT2D eigenvalue weighted by Gasteiger charge is 2.30. The number of carbonyl (C=O) groups excluding carboxylic acids is 3. The third-order valence-corrected chi connectivity index (χ3v) is 4.91. The second-order valence-electron chi connectivity index (χ2n) is 7.22. The van der Waals surface area contributed by atoms with Crippen molar-refractivity contribution in [3.8, 4) is 0 Å². The molecule has 0 aliphatic rings. The number of aliphatic hydroxyl groups is 1. The SMILES string of the molecule is NC(N)=NCCCC(NC(=O)C(N)CS)C(=O)NC(Cc1cnc[nH]1)C(=O)NC(CO)C(=O)O. The van der Waals surface area contributed by atoms with Crippen LogP contribution in [0.4, 0.5) is 0 Å². The van der Waals surface area contributed by atoms with Gasteiger partial charge < -0.3 is 48.3 Å². The Morgan fingerprint density at radius 2 is 1.71 bits per heavy atom. The van der Waals surface area contributed by atoms with Gasteiger partial charge in [-0.1, -0.05) is 0 Å². The number of thiol groups is 1. The maximum Gasteiger partial charge on any atom is 0.328 e. The lowest BCUT2D eigenvalue weighted by molar-refractivity contribution is -0.143. The number of rotatable bonds is 15. The van der Waals surface area contributed by atoms with E-state index in [1.54, 1.807) is 0 Å². The molecule has 0 saturated heterocycles. The summed E-state index contributed by atoms with van der Waals surface area (Å²) in [5, 5.41) is 25.5. The third kappa shape index (κ3) is 10.1. The number of aromatic amines is 1. The smallest absolute Gasteiger partial charge is 0.328 e. The van der Waals surface area contributed by atoms with E-state index >= 15 is 0 Å². The van der Waals surface area contributed by atoms with Crippen LogP contribution < -0.4 is 33.2 Å². The first-order chi connectivity index (χ1) is 16.1. The summed E-state index contributed by atoms with van der Waals surface area (Å²) in [6.07, 6.45) is 3.15. The Balaban J connectivity index is 3.02. The molecule has 16 heteroatoms. The number of carbonyl (C=O) groups is 4.